The summed E-state index contributed by atoms with van der Waals surface area (Å²) in [4.78, 5) is 33.0. The number of hydrogen-bond acceptors (Lipinski definition) is 10. The molecule has 0 aliphatic carbocycles. The zero-order chi connectivity index (χ0) is 29.9. The van der Waals surface area contributed by atoms with Gasteiger partial charge in [0.05, 0.1) is 30.8 Å². The highest BCUT2D eigenvalue weighted by Gasteiger charge is 2.41. The van der Waals surface area contributed by atoms with Crippen LogP contribution in [0.3, 0.4) is 0 Å². The van der Waals surface area contributed by atoms with Crippen molar-refractivity contribution in [2.75, 3.05) is 19.8 Å². The number of aromatic nitrogens is 1. The number of ether oxygens (including phenoxy) is 2. The molecular weight excluding hydrogens is 550 g/mol. The smallest absolute Gasteiger partial charge is 0.357 e. The lowest BCUT2D eigenvalue weighted by Crippen LogP contribution is -2.44. The molecule has 10 nitrogen and oxygen atoms in total. The molecule has 1 N–H and O–H groups in total. The van der Waals surface area contributed by atoms with E-state index in [1.54, 1.807) is 24.4 Å². The van der Waals surface area contributed by atoms with Crippen molar-refractivity contribution in [3.05, 3.63) is 56.0 Å². The van der Waals surface area contributed by atoms with Crippen molar-refractivity contribution < 1.29 is 28.5 Å². The lowest BCUT2D eigenvalue weighted by Gasteiger charge is -2.40. The number of esters is 1. The molecule has 1 heterocycles. The van der Waals surface area contributed by atoms with Gasteiger partial charge in [-0.1, -0.05) is 34.6 Å². The number of nitro benzene ring substituents is 1. The number of non-ortho nitro benzene ring substituents is 1. The Morgan fingerprint density at radius 1 is 1.18 bits per heavy atom. The molecule has 2 aromatic rings. The number of thiazole rings is 1. The molecule has 1 aromatic heterocycles. The summed E-state index contributed by atoms with van der Waals surface area (Å²) in [6.07, 6.45) is 1.03. The number of nitro groups is 1. The van der Waals surface area contributed by atoms with Crippen LogP contribution in [0.1, 0.15) is 81.5 Å². The molecule has 1 aromatic carbocycles. The Bertz CT molecular complexity index is 1070. The summed E-state index contributed by atoms with van der Waals surface area (Å²) in [6.45, 7) is 18.7. The van der Waals surface area contributed by atoms with E-state index in [4.69, 9.17) is 18.7 Å². The molecule has 0 radical (unpaired) electrons. The molecule has 0 spiro atoms. The zero-order valence-electron chi connectivity index (χ0n) is 25.0. The molecule has 0 unspecified atom stereocenters. The monoisotopic (exact) mass is 595 g/mol. The molecule has 224 valence electrons. The zero-order valence-corrected chi connectivity index (χ0v) is 26.8. The van der Waals surface area contributed by atoms with E-state index >= 15 is 0 Å². The average molecular weight is 596 g/mol. The first-order chi connectivity index (χ1) is 18.7. The average Bonchev–Trinajstić information content (AvgIpc) is 3.37. The second-order valence-corrected chi connectivity index (χ2v) is 17.2. The van der Waals surface area contributed by atoms with Crippen molar-refractivity contribution in [3.63, 3.8) is 0 Å². The quantitative estimate of drug-likeness (QED) is 0.0689. The van der Waals surface area contributed by atoms with E-state index in [0.717, 1.165) is 10.6 Å². The normalized spacial score (nSPS) is 13.8. The van der Waals surface area contributed by atoms with E-state index in [0.29, 0.717) is 45.0 Å². The van der Waals surface area contributed by atoms with Crippen molar-refractivity contribution in [1.82, 2.24) is 10.5 Å². The number of nitrogens with one attached hydrogen (secondary N) is 1. The van der Waals surface area contributed by atoms with Crippen LogP contribution in [0.5, 0.6) is 0 Å². The first-order valence-corrected chi connectivity index (χ1v) is 17.5. The Labute approximate surface area is 243 Å². The number of nitrogens with zero attached hydrogens (tertiary/aromatic N) is 2. The van der Waals surface area contributed by atoms with Crippen LogP contribution in [0, 0.1) is 16.0 Å². The number of carbonyl (C=O) groups is 1. The summed E-state index contributed by atoms with van der Waals surface area (Å²) in [6, 6.07) is 6.34. The molecule has 0 fully saturated rings. The minimum Gasteiger partial charge on any atom is -0.461 e. The topological polar surface area (TPSA) is 122 Å². The Morgan fingerprint density at radius 3 is 2.42 bits per heavy atom. The second kappa shape index (κ2) is 15.7. The predicted octanol–water partition coefficient (Wildman–Crippen LogP) is 6.83. The summed E-state index contributed by atoms with van der Waals surface area (Å²) in [5.74, 6) is -0.165. The minimum absolute atomic E-state index is 0.00857. The highest BCUT2D eigenvalue weighted by molar-refractivity contribution is 7.09. The fraction of sp³-hybridized carbons (Fsp3) is 0.643. The molecule has 40 heavy (non-hydrogen) atoms. The van der Waals surface area contributed by atoms with E-state index < -0.39 is 19.2 Å². The van der Waals surface area contributed by atoms with E-state index in [1.165, 1.54) is 23.5 Å². The molecule has 0 aliphatic rings. The lowest BCUT2D eigenvalue weighted by atomic mass is 9.99. The van der Waals surface area contributed by atoms with Crippen LogP contribution >= 0.6 is 11.3 Å². The van der Waals surface area contributed by atoms with E-state index in [1.807, 2.05) is 0 Å². The van der Waals surface area contributed by atoms with Crippen LogP contribution in [-0.4, -0.2) is 50.1 Å². The molecule has 2 rings (SSSR count). The van der Waals surface area contributed by atoms with Crippen molar-refractivity contribution in [2.24, 2.45) is 5.92 Å². The van der Waals surface area contributed by atoms with Gasteiger partial charge in [-0.15, -0.1) is 11.3 Å². The first-order valence-electron chi connectivity index (χ1n) is 13.7. The van der Waals surface area contributed by atoms with Gasteiger partial charge in [0.1, 0.15) is 5.01 Å². The van der Waals surface area contributed by atoms with Crippen molar-refractivity contribution in [1.29, 1.82) is 0 Å². The lowest BCUT2D eigenvalue weighted by molar-refractivity contribution is -0.384. The fourth-order valence-electron chi connectivity index (χ4n) is 3.46. The minimum atomic E-state index is -2.14. The van der Waals surface area contributed by atoms with Gasteiger partial charge in [-0.05, 0) is 61.5 Å². The van der Waals surface area contributed by atoms with Crippen LogP contribution < -0.4 is 5.48 Å². The molecule has 0 aliphatic heterocycles. The van der Waals surface area contributed by atoms with Gasteiger partial charge in [-0.3, -0.25) is 10.1 Å². The van der Waals surface area contributed by atoms with Crippen LogP contribution in [0.25, 0.3) is 0 Å². The highest BCUT2D eigenvalue weighted by atomic mass is 32.1. The Morgan fingerprint density at radius 2 is 1.85 bits per heavy atom. The van der Waals surface area contributed by atoms with Crippen molar-refractivity contribution in [3.8, 4) is 0 Å². The standard InChI is InChI=1S/C28H45N3O7SSi/c1-9-36-27(32)24-19-39-26(29-24)25(38-40(7,8)28(4,5)6)17-23(20(2)3)30-37-16-10-15-35-18-21-11-13-22(14-12-21)31(33)34/h11-14,19-20,23,25,30H,9-10,15-18H2,1-8H3/t23-,25-/m1/s1. The van der Waals surface area contributed by atoms with Gasteiger partial charge in [0.15, 0.2) is 14.0 Å². The van der Waals surface area contributed by atoms with Crippen LogP contribution in [-0.2, 0) is 25.3 Å². The largest absolute Gasteiger partial charge is 0.461 e. The van der Waals surface area contributed by atoms with Crippen LogP contribution in [0.4, 0.5) is 5.69 Å². The molecule has 0 saturated carbocycles. The molecule has 0 saturated heterocycles. The molecule has 0 bridgehead atoms. The van der Waals surface area contributed by atoms with Gasteiger partial charge >= 0.3 is 5.97 Å². The van der Waals surface area contributed by atoms with Gasteiger partial charge in [0, 0.05) is 30.2 Å². The fourth-order valence-corrected chi connectivity index (χ4v) is 5.64. The summed E-state index contributed by atoms with van der Waals surface area (Å²) in [5, 5.41) is 13.3. The third kappa shape index (κ3) is 10.6. The number of hydroxylamine groups is 1. The van der Waals surface area contributed by atoms with Gasteiger partial charge < -0.3 is 18.7 Å². The Hall–Kier alpha value is -2.22. The Kier molecular flexibility index (Phi) is 13.3. The first kappa shape index (κ1) is 34.0. The number of benzene rings is 1. The van der Waals surface area contributed by atoms with Crippen molar-refractivity contribution in [2.45, 2.75) is 91.3 Å². The van der Waals surface area contributed by atoms with E-state index in [-0.39, 0.29) is 28.8 Å². The summed E-state index contributed by atoms with van der Waals surface area (Å²) in [5.41, 5.74) is 4.47. The summed E-state index contributed by atoms with van der Waals surface area (Å²) < 4.78 is 17.6. The van der Waals surface area contributed by atoms with E-state index in [9.17, 15) is 14.9 Å². The predicted molar refractivity (Wildman–Crippen MR) is 159 cm³/mol. The van der Waals surface area contributed by atoms with Crippen LogP contribution in [0.2, 0.25) is 18.1 Å². The number of carbonyl (C=O) groups excluding carboxylic acids is 1. The van der Waals surface area contributed by atoms with Crippen LogP contribution in [0.15, 0.2) is 29.6 Å². The highest BCUT2D eigenvalue weighted by Crippen LogP contribution is 2.41. The van der Waals surface area contributed by atoms with Gasteiger partial charge in [-0.25, -0.2) is 9.78 Å². The van der Waals surface area contributed by atoms with Gasteiger partial charge in [-0.2, -0.15) is 5.48 Å². The molecular formula is C28H45N3O7SSi. The second-order valence-electron chi connectivity index (χ2n) is 11.5. The third-order valence-electron chi connectivity index (χ3n) is 6.98. The SMILES string of the molecule is CCOC(=O)c1csc([C@@H](C[C@@H](NOCCCOCc2ccc([N+](=O)[O-])cc2)C(C)C)O[Si](C)(C)C(C)(C)C)n1. The Balaban J connectivity index is 1.94. The maximum absolute atomic E-state index is 12.2. The summed E-state index contributed by atoms with van der Waals surface area (Å²) in [7, 11) is -2.14. The van der Waals surface area contributed by atoms with Crippen molar-refractivity contribution >= 4 is 31.3 Å². The van der Waals surface area contributed by atoms with Gasteiger partial charge in [0.2, 0.25) is 0 Å². The van der Waals surface area contributed by atoms with E-state index in [2.05, 4.69) is 58.2 Å². The summed E-state index contributed by atoms with van der Waals surface area (Å²) >= 11 is 1.42. The maximum Gasteiger partial charge on any atom is 0.357 e. The molecule has 12 heteroatoms. The van der Waals surface area contributed by atoms with Gasteiger partial charge in [0.25, 0.3) is 5.69 Å². The third-order valence-corrected chi connectivity index (χ3v) is 12.4. The number of hydrogen-bond donors (Lipinski definition) is 1. The molecule has 2 atom stereocenters. The number of rotatable bonds is 17. The maximum atomic E-state index is 12.2. The molecule has 0 amide bonds.